The number of hydrogen-bond donors (Lipinski definition) is 2. The van der Waals surface area contributed by atoms with Crippen molar-refractivity contribution in [2.24, 2.45) is 15.3 Å². The lowest BCUT2D eigenvalue weighted by molar-refractivity contribution is -0.141. The van der Waals surface area contributed by atoms with Crippen LogP contribution in [0.25, 0.3) is 5.57 Å². The van der Waals surface area contributed by atoms with Crippen molar-refractivity contribution in [1.82, 2.24) is 0 Å². The van der Waals surface area contributed by atoms with Crippen LogP contribution in [0.15, 0.2) is 32.0 Å². The lowest BCUT2D eigenvalue weighted by Gasteiger charge is -2.37. The highest BCUT2D eigenvalue weighted by molar-refractivity contribution is 7.90. The van der Waals surface area contributed by atoms with Crippen molar-refractivity contribution in [3.63, 3.8) is 0 Å². The smallest absolute Gasteiger partial charge is 0.306 e. The molecule has 8 heteroatoms. The second-order valence-corrected chi connectivity index (χ2v) is 8.92. The van der Waals surface area contributed by atoms with Crippen LogP contribution in [0.4, 0.5) is 11.4 Å². The van der Waals surface area contributed by atoms with E-state index < -0.39 is 21.9 Å². The highest BCUT2D eigenvalue weighted by Gasteiger charge is 2.51. The Hall–Kier alpha value is -2.48. The standard InChI is InChI=1S/C18H17N3O4S/c22-17(23)10-1-2-13-11(7-10)12-8-16-15(19-5-6-20-26(16,24)25)9-14(12)21-18(13)3-4-18/h5-6,8-10,21H,1-4,7H2,(H,22,23). The van der Waals surface area contributed by atoms with Gasteiger partial charge < -0.3 is 10.4 Å². The number of benzene rings is 1. The Balaban J connectivity index is 1.73. The fraction of sp³-hybridized carbons (Fsp3) is 0.389. The van der Waals surface area contributed by atoms with Gasteiger partial charge in [0.25, 0.3) is 10.0 Å². The topological polar surface area (TPSA) is 108 Å². The Kier molecular flexibility index (Phi) is 3.05. The summed E-state index contributed by atoms with van der Waals surface area (Å²) in [7, 11) is -3.82. The molecule has 0 radical (unpaired) electrons. The number of carboxylic acid groups (broad SMARTS) is 1. The highest BCUT2D eigenvalue weighted by atomic mass is 32.2. The lowest BCUT2D eigenvalue weighted by atomic mass is 9.75. The van der Waals surface area contributed by atoms with E-state index in [0.717, 1.165) is 36.1 Å². The number of carboxylic acids is 1. The second-order valence-electron chi connectivity index (χ2n) is 7.32. The number of anilines is 1. The molecule has 2 heterocycles. The summed E-state index contributed by atoms with van der Waals surface area (Å²) < 4.78 is 28.5. The number of carbonyl (C=O) groups is 1. The summed E-state index contributed by atoms with van der Waals surface area (Å²) in [4.78, 5) is 15.8. The van der Waals surface area contributed by atoms with Gasteiger partial charge in [0.2, 0.25) is 0 Å². The minimum atomic E-state index is -3.82. The zero-order valence-electron chi connectivity index (χ0n) is 13.9. The van der Waals surface area contributed by atoms with Gasteiger partial charge in [0.15, 0.2) is 0 Å². The Morgan fingerprint density at radius 2 is 2.08 bits per heavy atom. The third-order valence-corrected chi connectivity index (χ3v) is 7.07. The van der Waals surface area contributed by atoms with Crippen LogP contribution in [-0.2, 0) is 14.8 Å². The van der Waals surface area contributed by atoms with E-state index in [0.29, 0.717) is 18.5 Å². The molecule has 2 aliphatic heterocycles. The van der Waals surface area contributed by atoms with Crippen molar-refractivity contribution in [1.29, 1.82) is 0 Å². The number of nitrogens with zero attached hydrogens (tertiary/aromatic N) is 2. The summed E-state index contributed by atoms with van der Waals surface area (Å²) in [5.41, 5.74) is 4.13. The zero-order valence-corrected chi connectivity index (χ0v) is 14.7. The summed E-state index contributed by atoms with van der Waals surface area (Å²) in [6, 6.07) is 3.36. The van der Waals surface area contributed by atoms with Crippen LogP contribution in [0.5, 0.6) is 0 Å². The Morgan fingerprint density at radius 3 is 2.81 bits per heavy atom. The van der Waals surface area contributed by atoms with Crippen LogP contribution >= 0.6 is 0 Å². The van der Waals surface area contributed by atoms with Crippen LogP contribution in [0.2, 0.25) is 0 Å². The van der Waals surface area contributed by atoms with Crippen LogP contribution in [0.3, 0.4) is 0 Å². The third-order valence-electron chi connectivity index (χ3n) is 5.79. The van der Waals surface area contributed by atoms with Gasteiger partial charge in [-0.05, 0) is 55.4 Å². The molecule has 134 valence electrons. The van der Waals surface area contributed by atoms with Crippen LogP contribution in [0.1, 0.15) is 37.7 Å². The lowest BCUT2D eigenvalue weighted by Crippen LogP contribution is -2.33. The molecule has 1 aromatic carbocycles. The fourth-order valence-electron chi connectivity index (χ4n) is 4.34. The SMILES string of the molecule is O=C(O)C1CCC2=C(C1)c1cc3c(cc1NC21CC1)N=CC=NS3(=O)=O. The summed E-state index contributed by atoms with van der Waals surface area (Å²) >= 11 is 0. The predicted molar refractivity (Wildman–Crippen MR) is 97.8 cm³/mol. The molecule has 1 saturated carbocycles. The predicted octanol–water partition coefficient (Wildman–Crippen LogP) is 2.76. The molecular weight excluding hydrogens is 354 g/mol. The van der Waals surface area contributed by atoms with Gasteiger partial charge in [0.1, 0.15) is 4.90 Å². The minimum Gasteiger partial charge on any atom is -0.481 e. The second kappa shape index (κ2) is 5.03. The molecule has 5 rings (SSSR count). The van der Waals surface area contributed by atoms with Crippen molar-refractivity contribution in [3.05, 3.63) is 23.3 Å². The maximum Gasteiger partial charge on any atom is 0.306 e. The number of allylic oxidation sites excluding steroid dienone is 1. The first-order valence-electron chi connectivity index (χ1n) is 8.65. The summed E-state index contributed by atoms with van der Waals surface area (Å²) in [6.07, 6.45) is 6.39. The number of fused-ring (bicyclic) bond motifs is 4. The van der Waals surface area contributed by atoms with Crippen molar-refractivity contribution >= 4 is 45.4 Å². The largest absolute Gasteiger partial charge is 0.481 e. The molecule has 1 spiro atoms. The van der Waals surface area contributed by atoms with E-state index in [4.69, 9.17) is 0 Å². The molecule has 4 aliphatic rings. The minimum absolute atomic E-state index is 0.0686. The number of hydrogen-bond acceptors (Lipinski definition) is 5. The number of rotatable bonds is 1. The molecular formula is C18H17N3O4S. The van der Waals surface area contributed by atoms with E-state index >= 15 is 0 Å². The van der Waals surface area contributed by atoms with Crippen molar-refractivity contribution < 1.29 is 18.3 Å². The Morgan fingerprint density at radius 1 is 1.27 bits per heavy atom. The van der Waals surface area contributed by atoms with E-state index in [-0.39, 0.29) is 10.4 Å². The molecule has 2 N–H and O–H groups in total. The van der Waals surface area contributed by atoms with Crippen LogP contribution in [0, 0.1) is 5.92 Å². The molecule has 0 amide bonds. The van der Waals surface area contributed by atoms with Gasteiger partial charge in [-0.3, -0.25) is 9.79 Å². The van der Waals surface area contributed by atoms with E-state index in [9.17, 15) is 18.3 Å². The van der Waals surface area contributed by atoms with Gasteiger partial charge in [0.05, 0.1) is 23.4 Å². The highest BCUT2D eigenvalue weighted by Crippen LogP contribution is 2.57. The maximum atomic E-state index is 12.4. The van der Waals surface area contributed by atoms with E-state index in [1.807, 2.05) is 0 Å². The average molecular weight is 371 g/mol. The number of nitrogens with one attached hydrogen (secondary N) is 1. The molecule has 0 aromatic heterocycles. The number of sulfonamides is 1. The molecule has 1 unspecified atom stereocenters. The fourth-order valence-corrected chi connectivity index (χ4v) is 5.32. The quantitative estimate of drug-likeness (QED) is 0.789. The van der Waals surface area contributed by atoms with Gasteiger partial charge in [-0.2, -0.15) is 12.8 Å². The normalized spacial score (nSPS) is 26.4. The summed E-state index contributed by atoms with van der Waals surface area (Å²) in [5, 5.41) is 13.0. The first-order chi connectivity index (χ1) is 12.4. The van der Waals surface area contributed by atoms with Crippen molar-refractivity contribution in [2.75, 3.05) is 5.32 Å². The van der Waals surface area contributed by atoms with Gasteiger partial charge >= 0.3 is 5.97 Å². The molecule has 26 heavy (non-hydrogen) atoms. The van der Waals surface area contributed by atoms with E-state index in [1.54, 1.807) is 12.1 Å². The summed E-state index contributed by atoms with van der Waals surface area (Å²) in [6.45, 7) is 0. The molecule has 1 aromatic rings. The van der Waals surface area contributed by atoms with E-state index in [2.05, 4.69) is 14.7 Å². The van der Waals surface area contributed by atoms with Crippen molar-refractivity contribution in [3.8, 4) is 0 Å². The first kappa shape index (κ1) is 15.7. The Labute approximate surface area is 150 Å². The molecule has 0 bridgehead atoms. The van der Waals surface area contributed by atoms with Gasteiger partial charge in [-0.1, -0.05) is 0 Å². The monoisotopic (exact) mass is 371 g/mol. The number of aliphatic imine (C=N–C) groups is 1. The Bertz CT molecular complexity index is 1050. The number of aliphatic carboxylic acids is 1. The van der Waals surface area contributed by atoms with Gasteiger partial charge in [0, 0.05) is 17.5 Å². The maximum absolute atomic E-state index is 12.4. The van der Waals surface area contributed by atoms with Gasteiger partial charge in [-0.15, -0.1) is 0 Å². The van der Waals surface area contributed by atoms with Crippen molar-refractivity contribution in [2.45, 2.75) is 42.5 Å². The van der Waals surface area contributed by atoms with Crippen LogP contribution < -0.4 is 5.32 Å². The van der Waals surface area contributed by atoms with Gasteiger partial charge in [-0.25, -0.2) is 0 Å². The molecule has 7 nitrogen and oxygen atoms in total. The summed E-state index contributed by atoms with van der Waals surface area (Å²) in [5.74, 6) is -1.22. The third kappa shape index (κ3) is 2.18. The molecule has 0 saturated heterocycles. The molecule has 1 atom stereocenters. The molecule has 2 aliphatic carbocycles. The van der Waals surface area contributed by atoms with E-state index in [1.165, 1.54) is 18.0 Å². The zero-order chi connectivity index (χ0) is 18.1. The first-order valence-corrected chi connectivity index (χ1v) is 10.1. The molecule has 1 fully saturated rings. The average Bonchev–Trinajstić information content (AvgIpc) is 3.39. The van der Waals surface area contributed by atoms with Crippen LogP contribution in [-0.4, -0.2) is 37.5 Å².